The highest BCUT2D eigenvalue weighted by Crippen LogP contribution is 2.27. The molecule has 0 aromatic heterocycles. The molecule has 1 heterocycles. The van der Waals surface area contributed by atoms with Gasteiger partial charge in [0, 0.05) is 5.69 Å². The first kappa shape index (κ1) is 22.3. The average Bonchev–Trinajstić information content (AvgIpc) is 2.89. The molecule has 164 valence electrons. The predicted molar refractivity (Wildman–Crippen MR) is 114 cm³/mol. The van der Waals surface area contributed by atoms with Crippen molar-refractivity contribution in [2.75, 3.05) is 24.7 Å². The van der Waals surface area contributed by atoms with Crippen molar-refractivity contribution in [1.82, 2.24) is 5.32 Å². The number of nitrogens with zero attached hydrogens (tertiary/aromatic N) is 1. The Labute approximate surface area is 180 Å². The fraction of sp³-hybridized carbons (Fsp3) is 0.348. The van der Waals surface area contributed by atoms with Crippen molar-refractivity contribution in [2.24, 2.45) is 0 Å². The second-order valence-corrected chi connectivity index (χ2v) is 7.13. The SMILES string of the molecule is CCOC(=O)[C@H](COc1ccccc1)N[C@H]1CCc2ccccc2N(CC(=O)O)C1=O. The molecule has 0 radical (unpaired) electrons. The third-order valence-electron chi connectivity index (χ3n) is 4.98. The number of hydrogen-bond acceptors (Lipinski definition) is 6. The lowest BCUT2D eigenvalue weighted by molar-refractivity contribution is -0.147. The molecule has 1 aliphatic heterocycles. The normalized spacial score (nSPS) is 16.7. The molecule has 2 N–H and O–H groups in total. The highest BCUT2D eigenvalue weighted by molar-refractivity contribution is 6.02. The van der Waals surface area contributed by atoms with E-state index < -0.39 is 36.5 Å². The molecule has 8 nitrogen and oxygen atoms in total. The van der Waals surface area contributed by atoms with Crippen molar-refractivity contribution < 1.29 is 29.0 Å². The number of amides is 1. The summed E-state index contributed by atoms with van der Waals surface area (Å²) in [5.41, 5.74) is 1.46. The fourth-order valence-corrected chi connectivity index (χ4v) is 3.53. The number of rotatable bonds is 9. The summed E-state index contributed by atoms with van der Waals surface area (Å²) >= 11 is 0. The standard InChI is InChI=1S/C23H26N2O6/c1-2-30-23(29)19(15-31-17-9-4-3-5-10-17)24-18-13-12-16-8-6-7-11-20(16)25(22(18)28)14-21(26)27/h3-11,18-19,24H,2,12-15H2,1H3,(H,26,27)/t18-,19-/m0/s1. The third kappa shape index (κ3) is 5.82. The van der Waals surface area contributed by atoms with Crippen molar-refractivity contribution in [2.45, 2.75) is 31.8 Å². The second-order valence-electron chi connectivity index (χ2n) is 7.13. The topological polar surface area (TPSA) is 105 Å². The van der Waals surface area contributed by atoms with Crippen LogP contribution in [0.15, 0.2) is 54.6 Å². The summed E-state index contributed by atoms with van der Waals surface area (Å²) in [4.78, 5) is 38.4. The van der Waals surface area contributed by atoms with E-state index in [1.165, 1.54) is 4.90 Å². The highest BCUT2D eigenvalue weighted by atomic mass is 16.5. The predicted octanol–water partition coefficient (Wildman–Crippen LogP) is 2.02. The summed E-state index contributed by atoms with van der Waals surface area (Å²) in [5.74, 6) is -1.46. The molecule has 0 bridgehead atoms. The number of fused-ring (bicyclic) bond motifs is 1. The number of hydrogen-bond donors (Lipinski definition) is 2. The van der Waals surface area contributed by atoms with E-state index in [1.54, 1.807) is 31.2 Å². The number of anilines is 1. The highest BCUT2D eigenvalue weighted by Gasteiger charge is 2.34. The number of ether oxygens (including phenoxy) is 2. The van der Waals surface area contributed by atoms with Gasteiger partial charge < -0.3 is 14.6 Å². The van der Waals surface area contributed by atoms with Gasteiger partial charge in [-0.3, -0.25) is 24.6 Å². The Balaban J connectivity index is 1.79. The van der Waals surface area contributed by atoms with Gasteiger partial charge >= 0.3 is 11.9 Å². The number of esters is 1. The Morgan fingerprint density at radius 3 is 2.58 bits per heavy atom. The number of aryl methyl sites for hydroxylation is 1. The molecule has 0 saturated carbocycles. The van der Waals surface area contributed by atoms with Gasteiger partial charge in [-0.1, -0.05) is 36.4 Å². The quantitative estimate of drug-likeness (QED) is 0.591. The van der Waals surface area contributed by atoms with Crippen molar-refractivity contribution in [3.8, 4) is 5.75 Å². The number of carboxylic acid groups (broad SMARTS) is 1. The van der Waals surface area contributed by atoms with Crippen molar-refractivity contribution in [3.05, 3.63) is 60.2 Å². The van der Waals surface area contributed by atoms with Crippen LogP contribution in [0, 0.1) is 0 Å². The minimum absolute atomic E-state index is 0.0293. The molecule has 8 heteroatoms. The lowest BCUT2D eigenvalue weighted by Gasteiger charge is -2.27. The molecular weight excluding hydrogens is 400 g/mol. The number of carbonyl (C=O) groups excluding carboxylic acids is 2. The first-order chi connectivity index (χ1) is 15.0. The number of benzene rings is 2. The van der Waals surface area contributed by atoms with Crippen LogP contribution < -0.4 is 15.0 Å². The van der Waals surface area contributed by atoms with Crippen molar-refractivity contribution >= 4 is 23.5 Å². The molecule has 1 amide bonds. The summed E-state index contributed by atoms with van der Waals surface area (Å²) in [6.45, 7) is 1.41. The Morgan fingerprint density at radius 1 is 1.16 bits per heavy atom. The third-order valence-corrected chi connectivity index (χ3v) is 4.98. The molecule has 0 saturated heterocycles. The molecule has 2 aromatic carbocycles. The summed E-state index contributed by atoms with van der Waals surface area (Å²) in [5, 5.41) is 12.4. The van der Waals surface area contributed by atoms with E-state index in [-0.39, 0.29) is 13.2 Å². The zero-order valence-corrected chi connectivity index (χ0v) is 17.3. The van der Waals surface area contributed by atoms with Crippen LogP contribution in [0.4, 0.5) is 5.69 Å². The van der Waals surface area contributed by atoms with Crippen LogP contribution in [-0.2, 0) is 25.5 Å². The lowest BCUT2D eigenvalue weighted by atomic mass is 10.1. The molecule has 31 heavy (non-hydrogen) atoms. The summed E-state index contributed by atoms with van der Waals surface area (Å²) in [6, 6.07) is 14.6. The molecular formula is C23H26N2O6. The van der Waals surface area contributed by atoms with Gasteiger partial charge in [-0.25, -0.2) is 0 Å². The van der Waals surface area contributed by atoms with Gasteiger partial charge in [-0.15, -0.1) is 0 Å². The Hall–Kier alpha value is -3.39. The maximum atomic E-state index is 13.2. The zero-order chi connectivity index (χ0) is 22.2. The Kier molecular flexibility index (Phi) is 7.61. The summed E-state index contributed by atoms with van der Waals surface area (Å²) < 4.78 is 10.9. The maximum absolute atomic E-state index is 13.2. The van der Waals surface area contributed by atoms with E-state index in [9.17, 15) is 19.5 Å². The Bertz CT molecular complexity index is 917. The largest absolute Gasteiger partial charge is 0.491 e. The van der Waals surface area contributed by atoms with Gasteiger partial charge in [0.05, 0.1) is 12.6 Å². The van der Waals surface area contributed by atoms with E-state index in [1.807, 2.05) is 30.3 Å². The number of para-hydroxylation sites is 2. The number of nitrogens with one attached hydrogen (secondary N) is 1. The van der Waals surface area contributed by atoms with Crippen LogP contribution in [0.2, 0.25) is 0 Å². The molecule has 0 fully saturated rings. The van der Waals surface area contributed by atoms with Crippen LogP contribution in [-0.4, -0.2) is 54.8 Å². The minimum Gasteiger partial charge on any atom is -0.491 e. The molecule has 0 aliphatic carbocycles. The van der Waals surface area contributed by atoms with Crippen molar-refractivity contribution in [1.29, 1.82) is 0 Å². The smallest absolute Gasteiger partial charge is 0.326 e. The summed E-state index contributed by atoms with van der Waals surface area (Å²) in [7, 11) is 0. The van der Waals surface area contributed by atoms with Gasteiger partial charge in [0.1, 0.15) is 24.9 Å². The van der Waals surface area contributed by atoms with Gasteiger partial charge in [0.25, 0.3) is 0 Å². The fourth-order valence-electron chi connectivity index (χ4n) is 3.53. The maximum Gasteiger partial charge on any atom is 0.326 e. The molecule has 2 atom stereocenters. The van der Waals surface area contributed by atoms with Crippen LogP contribution in [0.5, 0.6) is 5.75 Å². The first-order valence-corrected chi connectivity index (χ1v) is 10.2. The first-order valence-electron chi connectivity index (χ1n) is 10.2. The zero-order valence-electron chi connectivity index (χ0n) is 17.3. The van der Waals surface area contributed by atoms with E-state index in [0.717, 1.165) is 5.56 Å². The molecule has 0 unspecified atom stereocenters. The van der Waals surface area contributed by atoms with Gasteiger partial charge in [-0.05, 0) is 43.5 Å². The van der Waals surface area contributed by atoms with Gasteiger partial charge in [-0.2, -0.15) is 0 Å². The molecule has 1 aliphatic rings. The van der Waals surface area contributed by atoms with Crippen LogP contribution in [0.25, 0.3) is 0 Å². The molecule has 2 aromatic rings. The monoisotopic (exact) mass is 426 g/mol. The van der Waals surface area contributed by atoms with E-state index >= 15 is 0 Å². The lowest BCUT2D eigenvalue weighted by Crippen LogP contribution is -2.54. The summed E-state index contributed by atoms with van der Waals surface area (Å²) in [6.07, 6.45) is 0.970. The Morgan fingerprint density at radius 2 is 1.87 bits per heavy atom. The number of aliphatic carboxylic acids is 1. The number of carboxylic acids is 1. The molecule has 3 rings (SSSR count). The van der Waals surface area contributed by atoms with E-state index in [2.05, 4.69) is 5.32 Å². The minimum atomic E-state index is -1.11. The van der Waals surface area contributed by atoms with Gasteiger partial charge in [0.15, 0.2) is 0 Å². The van der Waals surface area contributed by atoms with E-state index in [0.29, 0.717) is 24.3 Å². The van der Waals surface area contributed by atoms with Crippen LogP contribution in [0.3, 0.4) is 0 Å². The average molecular weight is 426 g/mol. The second kappa shape index (κ2) is 10.6. The number of carbonyl (C=O) groups is 3. The van der Waals surface area contributed by atoms with Crippen molar-refractivity contribution in [3.63, 3.8) is 0 Å². The van der Waals surface area contributed by atoms with Crippen LogP contribution >= 0.6 is 0 Å². The van der Waals surface area contributed by atoms with Gasteiger partial charge in [0.2, 0.25) is 5.91 Å². The van der Waals surface area contributed by atoms with E-state index in [4.69, 9.17) is 9.47 Å². The van der Waals surface area contributed by atoms with Crippen LogP contribution in [0.1, 0.15) is 18.9 Å². The molecule has 0 spiro atoms.